The van der Waals surface area contributed by atoms with Crippen LogP contribution in [-0.4, -0.2) is 50.3 Å². The monoisotopic (exact) mass is 616 g/mol. The van der Waals surface area contributed by atoms with Crippen molar-refractivity contribution in [3.05, 3.63) is 120 Å². The van der Waals surface area contributed by atoms with Crippen LogP contribution in [0.3, 0.4) is 0 Å². The van der Waals surface area contributed by atoms with Gasteiger partial charge in [-0.2, -0.15) is 0 Å². The van der Waals surface area contributed by atoms with Gasteiger partial charge in [-0.3, -0.25) is 0 Å². The number of rotatable bonds is 17. The Balaban J connectivity index is 1.35. The van der Waals surface area contributed by atoms with Gasteiger partial charge in [-0.25, -0.2) is 0 Å². The van der Waals surface area contributed by atoms with Crippen molar-refractivity contribution in [3.8, 4) is 11.5 Å². The molecule has 0 amide bonds. The number of benzene rings is 3. The number of aliphatic hydroxyl groups is 1. The first-order chi connectivity index (χ1) is 21.8. The predicted octanol–water partition coefficient (Wildman–Crippen LogP) is 7.42. The summed E-state index contributed by atoms with van der Waals surface area (Å²) in [5.74, 6) is 2.37. The van der Waals surface area contributed by atoms with Crippen LogP contribution in [0.25, 0.3) is 0 Å². The molecule has 1 N–H and O–H groups in total. The van der Waals surface area contributed by atoms with E-state index in [1.165, 1.54) is 0 Å². The fourth-order valence-electron chi connectivity index (χ4n) is 5.17. The van der Waals surface area contributed by atoms with E-state index in [2.05, 4.69) is 32.1 Å². The van der Waals surface area contributed by atoms with Gasteiger partial charge >= 0.3 is 0 Å². The van der Waals surface area contributed by atoms with Gasteiger partial charge in [0.25, 0.3) is 0 Å². The molecule has 1 aliphatic rings. The van der Waals surface area contributed by atoms with E-state index in [1.807, 2.05) is 85.8 Å². The third-order valence-electron chi connectivity index (χ3n) is 7.95. The number of allylic oxidation sites excluding steroid dienone is 1. The van der Waals surface area contributed by atoms with E-state index in [4.69, 9.17) is 28.4 Å². The number of aliphatic hydroxyl groups excluding tert-OH is 1. The Labute approximate surface area is 268 Å². The van der Waals surface area contributed by atoms with Crippen molar-refractivity contribution in [3.63, 3.8) is 0 Å². The molecule has 4 rings (SSSR count). The highest BCUT2D eigenvalue weighted by atomic mass is 16.5. The summed E-state index contributed by atoms with van der Waals surface area (Å²) in [6.45, 7) is 8.09. The molecule has 0 saturated carbocycles. The van der Waals surface area contributed by atoms with Crippen LogP contribution in [-0.2, 0) is 38.8 Å². The summed E-state index contributed by atoms with van der Waals surface area (Å²) in [4.78, 5) is 0. The Hall–Kier alpha value is -3.62. The molecule has 3 aromatic carbocycles. The second kappa shape index (κ2) is 17.2. The lowest BCUT2D eigenvalue weighted by Gasteiger charge is -2.36. The summed E-state index contributed by atoms with van der Waals surface area (Å²) < 4.78 is 35.7. The SMILES string of the molecule is COc1ccc(COC/C=C/C(C)(C)C2=C[C@@H](O)C[C@@H](C[C@@H](OCc3ccc(OC)cc3)[C@@H](C)OCc3ccccc3)O2)cc1. The average molecular weight is 617 g/mol. The first-order valence-corrected chi connectivity index (χ1v) is 15.6. The molecular formula is C38H48O7. The summed E-state index contributed by atoms with van der Waals surface area (Å²) in [5.41, 5.74) is 2.80. The zero-order valence-corrected chi connectivity index (χ0v) is 27.2. The van der Waals surface area contributed by atoms with Crippen molar-refractivity contribution < 1.29 is 33.5 Å². The molecule has 0 bridgehead atoms. The van der Waals surface area contributed by atoms with E-state index in [0.29, 0.717) is 39.3 Å². The molecule has 1 aliphatic heterocycles. The molecule has 1 heterocycles. The second-order valence-corrected chi connectivity index (χ2v) is 12.0. The highest BCUT2D eigenvalue weighted by Crippen LogP contribution is 2.35. The number of methoxy groups -OCH3 is 2. The van der Waals surface area contributed by atoms with Crippen LogP contribution >= 0.6 is 0 Å². The fraction of sp³-hybridized carbons (Fsp3) is 0.421. The molecule has 3 aromatic rings. The first-order valence-electron chi connectivity index (χ1n) is 15.6. The Kier molecular flexibility index (Phi) is 13.1. The van der Waals surface area contributed by atoms with Gasteiger partial charge in [0, 0.05) is 18.3 Å². The number of ether oxygens (including phenoxy) is 6. The normalized spacial score (nSPS) is 18.2. The summed E-state index contributed by atoms with van der Waals surface area (Å²) in [6, 6.07) is 25.8. The molecule has 0 unspecified atom stereocenters. The van der Waals surface area contributed by atoms with Gasteiger partial charge in [0.1, 0.15) is 23.4 Å². The maximum atomic E-state index is 10.8. The summed E-state index contributed by atoms with van der Waals surface area (Å²) in [6.07, 6.45) is 5.67. The van der Waals surface area contributed by atoms with Gasteiger partial charge in [0.05, 0.1) is 59.0 Å². The molecule has 7 heteroatoms. The van der Waals surface area contributed by atoms with Gasteiger partial charge in [0.15, 0.2) is 0 Å². The third-order valence-corrected chi connectivity index (χ3v) is 7.95. The third kappa shape index (κ3) is 11.0. The highest BCUT2D eigenvalue weighted by molar-refractivity contribution is 5.27. The predicted molar refractivity (Wildman–Crippen MR) is 176 cm³/mol. The lowest BCUT2D eigenvalue weighted by molar-refractivity contribution is -0.103. The van der Waals surface area contributed by atoms with Gasteiger partial charge in [-0.1, -0.05) is 66.7 Å². The van der Waals surface area contributed by atoms with Crippen LogP contribution in [0.2, 0.25) is 0 Å². The zero-order valence-electron chi connectivity index (χ0n) is 27.2. The van der Waals surface area contributed by atoms with E-state index in [-0.39, 0.29) is 18.3 Å². The number of hydrogen-bond acceptors (Lipinski definition) is 7. The standard InChI is InChI=1S/C38H48O7/c1-28(43-26-29-10-7-6-8-11-29)36(44-27-31-14-18-34(41-5)19-15-31)24-35-22-32(39)23-37(45-35)38(2,3)20-9-21-42-25-30-12-16-33(40-4)17-13-30/h6-20,23,28,32,35-36,39H,21-22,24-27H2,1-5H3/b20-9+/t28-,32+,35+,36-/m1/s1. The van der Waals surface area contributed by atoms with Crippen LogP contribution in [0.4, 0.5) is 0 Å². The minimum Gasteiger partial charge on any atom is -0.497 e. The van der Waals surface area contributed by atoms with E-state index in [0.717, 1.165) is 33.9 Å². The fourth-order valence-corrected chi connectivity index (χ4v) is 5.17. The summed E-state index contributed by atoms with van der Waals surface area (Å²) >= 11 is 0. The molecule has 242 valence electrons. The molecule has 0 aromatic heterocycles. The van der Waals surface area contributed by atoms with Crippen molar-refractivity contribution in [1.29, 1.82) is 0 Å². The van der Waals surface area contributed by atoms with Crippen molar-refractivity contribution >= 4 is 0 Å². The highest BCUT2D eigenvalue weighted by Gasteiger charge is 2.33. The minimum atomic E-state index is -0.611. The van der Waals surface area contributed by atoms with Crippen LogP contribution in [0.15, 0.2) is 103 Å². The Morgan fingerprint density at radius 1 is 0.822 bits per heavy atom. The van der Waals surface area contributed by atoms with Crippen LogP contribution in [0.5, 0.6) is 11.5 Å². The largest absolute Gasteiger partial charge is 0.497 e. The maximum absolute atomic E-state index is 10.8. The van der Waals surface area contributed by atoms with E-state index >= 15 is 0 Å². The Morgan fingerprint density at radius 3 is 2.02 bits per heavy atom. The van der Waals surface area contributed by atoms with Crippen LogP contribution < -0.4 is 9.47 Å². The van der Waals surface area contributed by atoms with Crippen molar-refractivity contribution in [2.75, 3.05) is 20.8 Å². The topological polar surface area (TPSA) is 75.6 Å². The van der Waals surface area contributed by atoms with Gasteiger partial charge in [0.2, 0.25) is 0 Å². The van der Waals surface area contributed by atoms with Crippen LogP contribution in [0.1, 0.15) is 50.3 Å². The Morgan fingerprint density at radius 2 is 1.40 bits per heavy atom. The molecule has 0 aliphatic carbocycles. The summed E-state index contributed by atoms with van der Waals surface area (Å²) in [5, 5.41) is 10.8. The molecule has 45 heavy (non-hydrogen) atoms. The molecule has 0 spiro atoms. The molecule has 0 radical (unpaired) electrons. The molecule has 4 atom stereocenters. The molecule has 0 saturated heterocycles. The second-order valence-electron chi connectivity index (χ2n) is 12.0. The first kappa shape index (κ1) is 34.3. The minimum absolute atomic E-state index is 0.200. The Bertz CT molecular complexity index is 1330. The van der Waals surface area contributed by atoms with Gasteiger partial charge in [-0.05, 0) is 67.8 Å². The maximum Gasteiger partial charge on any atom is 0.118 e. The van der Waals surface area contributed by atoms with E-state index in [9.17, 15) is 5.11 Å². The van der Waals surface area contributed by atoms with Gasteiger partial charge in [-0.15, -0.1) is 0 Å². The van der Waals surface area contributed by atoms with Crippen molar-refractivity contribution in [2.45, 2.75) is 77.8 Å². The van der Waals surface area contributed by atoms with E-state index in [1.54, 1.807) is 14.2 Å². The zero-order chi connectivity index (χ0) is 32.1. The summed E-state index contributed by atoms with van der Waals surface area (Å²) in [7, 11) is 3.31. The average Bonchev–Trinajstić information content (AvgIpc) is 3.06. The van der Waals surface area contributed by atoms with Crippen LogP contribution in [0, 0.1) is 5.41 Å². The van der Waals surface area contributed by atoms with Gasteiger partial charge < -0.3 is 33.5 Å². The van der Waals surface area contributed by atoms with E-state index < -0.39 is 11.5 Å². The lowest BCUT2D eigenvalue weighted by Crippen LogP contribution is -2.37. The lowest BCUT2D eigenvalue weighted by atomic mass is 9.87. The molecule has 7 nitrogen and oxygen atoms in total. The molecule has 0 fully saturated rings. The van der Waals surface area contributed by atoms with Crippen molar-refractivity contribution in [2.24, 2.45) is 5.41 Å². The number of hydrogen-bond donors (Lipinski definition) is 1. The smallest absolute Gasteiger partial charge is 0.118 e. The molecular weight excluding hydrogens is 568 g/mol. The quantitative estimate of drug-likeness (QED) is 0.125. The van der Waals surface area contributed by atoms with Crippen molar-refractivity contribution in [1.82, 2.24) is 0 Å².